The van der Waals surface area contributed by atoms with Gasteiger partial charge in [-0.2, -0.15) is 0 Å². The zero-order valence-electron chi connectivity index (χ0n) is 9.84. The van der Waals surface area contributed by atoms with Crippen LogP contribution in [0.15, 0.2) is 36.4 Å². The highest BCUT2D eigenvalue weighted by atomic mass is 35.5. The van der Waals surface area contributed by atoms with E-state index in [1.54, 1.807) is 0 Å². The van der Waals surface area contributed by atoms with Gasteiger partial charge in [0.15, 0.2) is 0 Å². The molecule has 0 heterocycles. The third-order valence-corrected chi connectivity index (χ3v) is 3.12. The van der Waals surface area contributed by atoms with E-state index in [9.17, 15) is 13.2 Å². The molecule has 0 aliphatic carbocycles. The zero-order valence-corrected chi connectivity index (χ0v) is 10.6. The van der Waals surface area contributed by atoms with E-state index in [-0.39, 0.29) is 11.4 Å². The molecule has 0 aliphatic heterocycles. The van der Waals surface area contributed by atoms with Crippen molar-refractivity contribution in [2.75, 3.05) is 0 Å². The van der Waals surface area contributed by atoms with E-state index in [1.807, 2.05) is 0 Å². The number of benzene rings is 2. The lowest BCUT2D eigenvalue weighted by molar-refractivity contribution is 0.572. The summed E-state index contributed by atoms with van der Waals surface area (Å²) in [6.45, 7) is 0. The first-order valence-electron chi connectivity index (χ1n) is 5.61. The second-order valence-electron chi connectivity index (χ2n) is 4.25. The Bertz CT molecular complexity index is 581. The Morgan fingerprint density at radius 2 is 1.58 bits per heavy atom. The molecule has 0 spiro atoms. The maximum atomic E-state index is 13.1. The van der Waals surface area contributed by atoms with Crippen molar-refractivity contribution in [2.24, 2.45) is 5.73 Å². The van der Waals surface area contributed by atoms with E-state index in [0.717, 1.165) is 6.07 Å². The lowest BCUT2D eigenvalue weighted by atomic mass is 9.99. The normalized spacial score (nSPS) is 12.5. The van der Waals surface area contributed by atoms with Crippen LogP contribution in [0.5, 0.6) is 0 Å². The van der Waals surface area contributed by atoms with Crippen molar-refractivity contribution in [3.8, 4) is 0 Å². The maximum Gasteiger partial charge on any atom is 0.126 e. The first-order valence-corrected chi connectivity index (χ1v) is 5.99. The molecular formula is C14H11ClF3N. The van der Waals surface area contributed by atoms with E-state index in [0.29, 0.717) is 11.1 Å². The van der Waals surface area contributed by atoms with Gasteiger partial charge in [-0.15, -0.1) is 0 Å². The van der Waals surface area contributed by atoms with Gasteiger partial charge in [0.1, 0.15) is 17.5 Å². The number of halogens is 4. The molecule has 1 nitrogen and oxygen atoms in total. The van der Waals surface area contributed by atoms with Crippen molar-refractivity contribution in [3.05, 3.63) is 70.0 Å². The Morgan fingerprint density at radius 3 is 2.16 bits per heavy atom. The summed E-state index contributed by atoms with van der Waals surface area (Å²) in [5.74, 6) is -1.81. The van der Waals surface area contributed by atoms with E-state index in [1.165, 1.54) is 30.3 Å². The fourth-order valence-electron chi connectivity index (χ4n) is 1.83. The third kappa shape index (κ3) is 3.49. The molecule has 2 aromatic carbocycles. The van der Waals surface area contributed by atoms with Crippen LogP contribution >= 0.6 is 11.6 Å². The molecule has 19 heavy (non-hydrogen) atoms. The SMILES string of the molecule is NC(Cc1ccc(F)cc1Cl)c1cc(F)cc(F)c1. The Kier molecular flexibility index (Phi) is 4.12. The highest BCUT2D eigenvalue weighted by Crippen LogP contribution is 2.24. The van der Waals surface area contributed by atoms with Gasteiger partial charge in [-0.05, 0) is 41.8 Å². The first-order chi connectivity index (χ1) is 8.95. The first kappa shape index (κ1) is 13.9. The van der Waals surface area contributed by atoms with Crippen molar-refractivity contribution in [1.82, 2.24) is 0 Å². The van der Waals surface area contributed by atoms with Gasteiger partial charge in [0.2, 0.25) is 0 Å². The van der Waals surface area contributed by atoms with Gasteiger partial charge in [-0.25, -0.2) is 13.2 Å². The summed E-state index contributed by atoms with van der Waals surface area (Å²) in [6, 6.07) is 6.45. The van der Waals surface area contributed by atoms with Crippen LogP contribution in [0, 0.1) is 17.5 Å². The molecule has 100 valence electrons. The van der Waals surface area contributed by atoms with Gasteiger partial charge >= 0.3 is 0 Å². The van der Waals surface area contributed by atoms with Gasteiger partial charge in [0.05, 0.1) is 0 Å². The topological polar surface area (TPSA) is 26.0 Å². The minimum Gasteiger partial charge on any atom is -0.324 e. The predicted molar refractivity (Wildman–Crippen MR) is 68.4 cm³/mol. The minimum atomic E-state index is -0.685. The summed E-state index contributed by atoms with van der Waals surface area (Å²) in [5, 5.41) is 0.243. The van der Waals surface area contributed by atoms with Crippen LogP contribution in [0.1, 0.15) is 17.2 Å². The molecule has 0 aliphatic rings. The second-order valence-corrected chi connectivity index (χ2v) is 4.66. The monoisotopic (exact) mass is 285 g/mol. The van der Waals surface area contributed by atoms with Crippen LogP contribution in [0.25, 0.3) is 0 Å². The predicted octanol–water partition coefficient (Wildman–Crippen LogP) is 4.00. The van der Waals surface area contributed by atoms with Crippen molar-refractivity contribution in [2.45, 2.75) is 12.5 Å². The smallest absolute Gasteiger partial charge is 0.126 e. The lowest BCUT2D eigenvalue weighted by Crippen LogP contribution is -2.14. The van der Waals surface area contributed by atoms with E-state index in [2.05, 4.69) is 0 Å². The van der Waals surface area contributed by atoms with Crippen LogP contribution in [0.4, 0.5) is 13.2 Å². The third-order valence-electron chi connectivity index (χ3n) is 2.77. The zero-order chi connectivity index (χ0) is 14.0. The minimum absolute atomic E-state index is 0.243. The second kappa shape index (κ2) is 5.63. The molecular weight excluding hydrogens is 275 g/mol. The number of hydrogen-bond acceptors (Lipinski definition) is 1. The van der Waals surface area contributed by atoms with Gasteiger partial charge in [0, 0.05) is 17.1 Å². The maximum absolute atomic E-state index is 13.1. The molecule has 2 N–H and O–H groups in total. The van der Waals surface area contributed by atoms with E-state index in [4.69, 9.17) is 17.3 Å². The molecule has 0 saturated heterocycles. The average Bonchev–Trinajstić information content (AvgIpc) is 2.31. The van der Waals surface area contributed by atoms with Gasteiger partial charge in [0.25, 0.3) is 0 Å². The summed E-state index contributed by atoms with van der Waals surface area (Å²) in [7, 11) is 0. The quantitative estimate of drug-likeness (QED) is 0.906. The Balaban J connectivity index is 2.22. The van der Waals surface area contributed by atoms with Crippen LogP contribution in [0.3, 0.4) is 0 Å². The Labute approximate surface area is 113 Å². The van der Waals surface area contributed by atoms with Gasteiger partial charge in [-0.1, -0.05) is 17.7 Å². The summed E-state index contributed by atoms with van der Waals surface area (Å²) >= 11 is 5.88. The number of hydrogen-bond donors (Lipinski definition) is 1. The van der Waals surface area contributed by atoms with Crippen molar-refractivity contribution in [3.63, 3.8) is 0 Å². The molecule has 0 saturated carbocycles. The van der Waals surface area contributed by atoms with Crippen LogP contribution in [0.2, 0.25) is 5.02 Å². The fraction of sp³-hybridized carbons (Fsp3) is 0.143. The highest BCUT2D eigenvalue weighted by Gasteiger charge is 2.12. The van der Waals surface area contributed by atoms with Crippen molar-refractivity contribution < 1.29 is 13.2 Å². The van der Waals surface area contributed by atoms with E-state index >= 15 is 0 Å². The molecule has 0 fully saturated rings. The Hall–Kier alpha value is -1.52. The molecule has 1 unspecified atom stereocenters. The average molecular weight is 286 g/mol. The molecule has 0 radical (unpaired) electrons. The summed E-state index contributed by atoms with van der Waals surface area (Å²) in [5.41, 5.74) is 6.84. The molecule has 5 heteroatoms. The van der Waals surface area contributed by atoms with E-state index < -0.39 is 23.5 Å². The Morgan fingerprint density at radius 1 is 0.947 bits per heavy atom. The molecule has 0 amide bonds. The van der Waals surface area contributed by atoms with Crippen molar-refractivity contribution >= 4 is 11.6 Å². The molecule has 2 aromatic rings. The van der Waals surface area contributed by atoms with Crippen LogP contribution in [-0.2, 0) is 6.42 Å². The fourth-order valence-corrected chi connectivity index (χ4v) is 2.08. The summed E-state index contributed by atoms with van der Waals surface area (Å²) in [4.78, 5) is 0. The number of nitrogens with two attached hydrogens (primary N) is 1. The highest BCUT2D eigenvalue weighted by molar-refractivity contribution is 6.31. The van der Waals surface area contributed by atoms with Crippen LogP contribution < -0.4 is 5.73 Å². The summed E-state index contributed by atoms with van der Waals surface area (Å²) in [6.07, 6.45) is 0.266. The molecule has 2 rings (SSSR count). The lowest BCUT2D eigenvalue weighted by Gasteiger charge is -2.13. The van der Waals surface area contributed by atoms with Gasteiger partial charge < -0.3 is 5.73 Å². The van der Waals surface area contributed by atoms with Crippen LogP contribution in [-0.4, -0.2) is 0 Å². The van der Waals surface area contributed by atoms with Crippen molar-refractivity contribution in [1.29, 1.82) is 0 Å². The van der Waals surface area contributed by atoms with Gasteiger partial charge in [-0.3, -0.25) is 0 Å². The molecule has 1 atom stereocenters. The largest absolute Gasteiger partial charge is 0.324 e. The summed E-state index contributed by atoms with van der Waals surface area (Å²) < 4.78 is 39.1. The molecule has 0 bridgehead atoms. The standard InChI is InChI=1S/C14H11ClF3N/c15-13-7-10(16)2-1-8(13)5-14(19)9-3-11(17)6-12(18)4-9/h1-4,6-7,14H,5,19H2. The number of rotatable bonds is 3. The molecule has 0 aromatic heterocycles.